The van der Waals surface area contributed by atoms with Gasteiger partial charge in [-0.2, -0.15) is 0 Å². The minimum Gasteiger partial charge on any atom is -0.469 e. The Morgan fingerprint density at radius 1 is 0.413 bits per heavy atom. The average Bonchev–Trinajstić information content (AvgIpc) is 3.06. The Morgan fingerprint density at radius 3 is 0.935 bits per heavy atom. The van der Waals surface area contributed by atoms with Crippen molar-refractivity contribution in [3.8, 4) is 23.7 Å². The highest BCUT2D eigenvalue weighted by Gasteiger charge is 2.04. The number of hydrogen-bond donors (Lipinski definition) is 1. The first kappa shape index (κ1) is 44.0. The largest absolute Gasteiger partial charge is 0.469 e. The highest BCUT2D eigenvalue weighted by atomic mass is 16.5. The van der Waals surface area contributed by atoms with Gasteiger partial charge in [0, 0.05) is 38.5 Å². The zero-order chi connectivity index (χ0) is 33.6. The molecule has 1 N–H and O–H groups in total. The number of hydrogen-bond acceptors (Lipinski definition) is 5. The molecule has 0 heterocycles. The SMILES string of the molecule is COC(=O)CCCCCCCCC#CCCCCCCCCC(O)CCCCCCCCC#CCCCCCCCCC(=O)OC. The molecule has 0 fully saturated rings. The number of methoxy groups -OCH3 is 2. The van der Waals surface area contributed by atoms with Crippen molar-refractivity contribution in [1.29, 1.82) is 0 Å². The van der Waals surface area contributed by atoms with E-state index < -0.39 is 0 Å². The molecule has 5 nitrogen and oxygen atoms in total. The predicted octanol–water partition coefficient (Wildman–Crippen LogP) is 11.2. The normalized spacial score (nSPS) is 10.7. The summed E-state index contributed by atoms with van der Waals surface area (Å²) in [6.45, 7) is 0. The molecular weight excluding hydrogens is 572 g/mol. The molecule has 0 unspecified atom stereocenters. The molecule has 46 heavy (non-hydrogen) atoms. The maximum Gasteiger partial charge on any atom is 0.305 e. The average molecular weight is 645 g/mol. The first-order valence-electron chi connectivity index (χ1n) is 19.3. The van der Waals surface area contributed by atoms with Crippen LogP contribution in [0.3, 0.4) is 0 Å². The Labute approximate surface area is 285 Å². The van der Waals surface area contributed by atoms with Gasteiger partial charge in [0.2, 0.25) is 0 Å². The van der Waals surface area contributed by atoms with Gasteiger partial charge in [0.05, 0.1) is 20.3 Å². The minimum absolute atomic E-state index is 0.0935. The third-order valence-electron chi connectivity index (χ3n) is 8.75. The van der Waals surface area contributed by atoms with Crippen molar-refractivity contribution in [3.05, 3.63) is 0 Å². The van der Waals surface area contributed by atoms with E-state index in [9.17, 15) is 14.7 Å². The van der Waals surface area contributed by atoms with Crippen molar-refractivity contribution < 1.29 is 24.2 Å². The van der Waals surface area contributed by atoms with Crippen LogP contribution < -0.4 is 0 Å². The summed E-state index contributed by atoms with van der Waals surface area (Å²) < 4.78 is 9.32. The van der Waals surface area contributed by atoms with E-state index in [1.165, 1.54) is 130 Å². The molecule has 0 aliphatic rings. The first-order valence-corrected chi connectivity index (χ1v) is 19.3. The third-order valence-corrected chi connectivity index (χ3v) is 8.75. The van der Waals surface area contributed by atoms with Gasteiger partial charge in [-0.1, -0.05) is 116 Å². The molecule has 0 rings (SSSR count). The van der Waals surface area contributed by atoms with Crippen LogP contribution in [0.25, 0.3) is 0 Å². The van der Waals surface area contributed by atoms with Crippen molar-refractivity contribution in [2.24, 2.45) is 0 Å². The van der Waals surface area contributed by atoms with Crippen LogP contribution in [-0.4, -0.2) is 37.4 Å². The molecular formula is C41H72O5. The monoisotopic (exact) mass is 645 g/mol. The molecule has 0 saturated carbocycles. The summed E-state index contributed by atoms with van der Waals surface area (Å²) in [6.07, 6.45) is 35.9. The summed E-state index contributed by atoms with van der Waals surface area (Å²) in [5, 5.41) is 10.3. The maximum absolute atomic E-state index is 11.1. The van der Waals surface area contributed by atoms with E-state index in [2.05, 4.69) is 33.2 Å². The second-order valence-corrected chi connectivity index (χ2v) is 13.1. The molecule has 0 atom stereocenters. The van der Waals surface area contributed by atoms with Crippen LogP contribution in [0.2, 0.25) is 0 Å². The number of aliphatic hydroxyl groups is 1. The second-order valence-electron chi connectivity index (χ2n) is 13.1. The van der Waals surface area contributed by atoms with E-state index in [4.69, 9.17) is 0 Å². The number of unbranched alkanes of at least 4 members (excludes halogenated alkanes) is 24. The molecule has 0 spiro atoms. The minimum atomic E-state index is -0.108. The predicted molar refractivity (Wildman–Crippen MR) is 193 cm³/mol. The van der Waals surface area contributed by atoms with Crippen molar-refractivity contribution in [2.75, 3.05) is 14.2 Å². The highest BCUT2D eigenvalue weighted by molar-refractivity contribution is 5.69. The van der Waals surface area contributed by atoms with Gasteiger partial charge in [-0.05, 0) is 51.4 Å². The molecule has 0 bridgehead atoms. The van der Waals surface area contributed by atoms with Crippen molar-refractivity contribution in [3.63, 3.8) is 0 Å². The van der Waals surface area contributed by atoms with Gasteiger partial charge in [-0.15, -0.1) is 23.7 Å². The molecule has 0 aliphatic carbocycles. The quantitative estimate of drug-likeness (QED) is 0.0448. The van der Waals surface area contributed by atoms with Crippen molar-refractivity contribution in [2.45, 2.75) is 212 Å². The lowest BCUT2D eigenvalue weighted by atomic mass is 10.0. The van der Waals surface area contributed by atoms with E-state index in [1.54, 1.807) is 0 Å². The van der Waals surface area contributed by atoms with Gasteiger partial charge in [0.1, 0.15) is 0 Å². The molecule has 0 aliphatic heterocycles. The van der Waals surface area contributed by atoms with Crippen LogP contribution in [0.1, 0.15) is 205 Å². The fourth-order valence-electron chi connectivity index (χ4n) is 5.68. The molecule has 0 saturated heterocycles. The summed E-state index contributed by atoms with van der Waals surface area (Å²) >= 11 is 0. The fourth-order valence-corrected chi connectivity index (χ4v) is 5.68. The van der Waals surface area contributed by atoms with E-state index >= 15 is 0 Å². The zero-order valence-corrected chi connectivity index (χ0v) is 30.3. The van der Waals surface area contributed by atoms with Gasteiger partial charge < -0.3 is 14.6 Å². The molecule has 266 valence electrons. The van der Waals surface area contributed by atoms with Crippen LogP contribution in [0, 0.1) is 23.7 Å². The van der Waals surface area contributed by atoms with E-state index in [0.717, 1.165) is 77.0 Å². The Morgan fingerprint density at radius 2 is 0.652 bits per heavy atom. The topological polar surface area (TPSA) is 72.8 Å². The van der Waals surface area contributed by atoms with Gasteiger partial charge in [0.15, 0.2) is 0 Å². The fraction of sp³-hybridized carbons (Fsp3) is 0.854. The standard InChI is InChI=1S/C41H72O5/c1-45-40(43)37-33-29-25-21-17-13-9-5-3-7-11-15-19-23-27-31-35-39(42)36-32-28-24-20-16-12-8-4-6-10-14-18-22-26-30-34-38-41(44)46-2/h39,42H,7-38H2,1-2H3. The number of ether oxygens (including phenoxy) is 2. The molecule has 5 heteroatoms. The van der Waals surface area contributed by atoms with Gasteiger partial charge in [0.25, 0.3) is 0 Å². The molecule has 0 aromatic heterocycles. The van der Waals surface area contributed by atoms with Crippen LogP contribution in [0.15, 0.2) is 0 Å². The first-order chi connectivity index (χ1) is 22.6. The Bertz CT molecular complexity index is 733. The zero-order valence-electron chi connectivity index (χ0n) is 30.3. The summed E-state index contributed by atoms with van der Waals surface area (Å²) in [5.74, 6) is 13.2. The van der Waals surface area contributed by atoms with Gasteiger partial charge in [-0.3, -0.25) is 9.59 Å². The smallest absolute Gasteiger partial charge is 0.305 e. The molecule has 0 aromatic rings. The lowest BCUT2D eigenvalue weighted by Gasteiger charge is -2.10. The van der Waals surface area contributed by atoms with E-state index in [0.29, 0.717) is 12.8 Å². The molecule has 0 radical (unpaired) electrons. The number of esters is 2. The maximum atomic E-state index is 11.1. The number of carbonyl (C=O) groups is 2. The van der Waals surface area contributed by atoms with Gasteiger partial charge in [-0.25, -0.2) is 0 Å². The van der Waals surface area contributed by atoms with E-state index in [1.807, 2.05) is 0 Å². The van der Waals surface area contributed by atoms with Crippen LogP contribution in [0.4, 0.5) is 0 Å². The summed E-state index contributed by atoms with van der Waals surface area (Å²) in [4.78, 5) is 22.1. The number of aliphatic hydroxyl groups excluding tert-OH is 1. The summed E-state index contributed by atoms with van der Waals surface area (Å²) in [7, 11) is 2.91. The lowest BCUT2D eigenvalue weighted by molar-refractivity contribution is -0.141. The van der Waals surface area contributed by atoms with Crippen LogP contribution in [-0.2, 0) is 19.1 Å². The van der Waals surface area contributed by atoms with Crippen molar-refractivity contribution >= 4 is 11.9 Å². The Balaban J connectivity index is 3.29. The van der Waals surface area contributed by atoms with E-state index in [-0.39, 0.29) is 18.0 Å². The second kappa shape index (κ2) is 37.5. The van der Waals surface area contributed by atoms with Crippen LogP contribution >= 0.6 is 0 Å². The Hall–Kier alpha value is -1.98. The summed E-state index contributed by atoms with van der Waals surface area (Å²) in [6, 6.07) is 0. The molecule has 0 aromatic carbocycles. The van der Waals surface area contributed by atoms with Crippen molar-refractivity contribution in [1.82, 2.24) is 0 Å². The third kappa shape index (κ3) is 36.5. The van der Waals surface area contributed by atoms with Crippen LogP contribution in [0.5, 0.6) is 0 Å². The number of rotatable bonds is 32. The lowest BCUT2D eigenvalue weighted by Crippen LogP contribution is -2.05. The molecule has 0 amide bonds. The number of carbonyl (C=O) groups excluding carboxylic acids is 2. The highest BCUT2D eigenvalue weighted by Crippen LogP contribution is 2.15. The van der Waals surface area contributed by atoms with Gasteiger partial charge >= 0.3 is 11.9 Å². The summed E-state index contributed by atoms with van der Waals surface area (Å²) in [5.41, 5.74) is 0. The Kier molecular flexibility index (Phi) is 35.9.